The number of ether oxygens (including phenoxy) is 2. The summed E-state index contributed by atoms with van der Waals surface area (Å²) in [7, 11) is 1.56. The van der Waals surface area contributed by atoms with Gasteiger partial charge in [-0.25, -0.2) is 4.98 Å². The Balaban J connectivity index is 1.73. The molecule has 0 radical (unpaired) electrons. The van der Waals surface area contributed by atoms with E-state index < -0.39 is 0 Å². The molecule has 3 rings (SSSR count). The molecule has 1 aromatic heterocycles. The standard InChI is InChI=1S/C19H17Cl2N3O2S/c1-12-11-27-19(23-12)24-22-9-13-7-16(21)18(17(8-13)25-2)26-10-14-5-3-4-6-15(14)20/h3-9,11H,10H2,1-2H3,(H,23,24). The minimum Gasteiger partial charge on any atom is -0.493 e. The highest BCUT2D eigenvalue weighted by molar-refractivity contribution is 7.13. The predicted octanol–water partition coefficient (Wildman–Crippen LogP) is 5.79. The van der Waals surface area contributed by atoms with Crippen molar-refractivity contribution >= 4 is 45.9 Å². The summed E-state index contributed by atoms with van der Waals surface area (Å²) in [6.07, 6.45) is 1.64. The van der Waals surface area contributed by atoms with Crippen molar-refractivity contribution in [3.05, 3.63) is 68.6 Å². The Labute approximate surface area is 171 Å². The maximum atomic E-state index is 6.39. The molecule has 0 aliphatic heterocycles. The van der Waals surface area contributed by atoms with Gasteiger partial charge in [0.2, 0.25) is 5.13 Å². The third kappa shape index (κ3) is 5.13. The third-order valence-electron chi connectivity index (χ3n) is 3.57. The molecule has 0 spiro atoms. The highest BCUT2D eigenvalue weighted by atomic mass is 35.5. The molecule has 0 saturated heterocycles. The van der Waals surface area contributed by atoms with Crippen molar-refractivity contribution in [1.82, 2.24) is 4.98 Å². The lowest BCUT2D eigenvalue weighted by Crippen LogP contribution is -2.00. The van der Waals surface area contributed by atoms with Crippen molar-refractivity contribution in [2.45, 2.75) is 13.5 Å². The molecule has 0 unspecified atom stereocenters. The number of benzene rings is 2. The lowest BCUT2D eigenvalue weighted by atomic mass is 10.2. The molecule has 8 heteroatoms. The van der Waals surface area contributed by atoms with E-state index in [1.54, 1.807) is 25.5 Å². The first-order valence-corrected chi connectivity index (χ1v) is 9.65. The second-order valence-electron chi connectivity index (χ2n) is 5.58. The quantitative estimate of drug-likeness (QED) is 0.387. The molecular weight excluding hydrogens is 405 g/mol. The number of methoxy groups -OCH3 is 1. The van der Waals surface area contributed by atoms with Crippen LogP contribution in [0.2, 0.25) is 10.0 Å². The summed E-state index contributed by atoms with van der Waals surface area (Å²) in [5.74, 6) is 0.973. The molecule has 0 atom stereocenters. The van der Waals surface area contributed by atoms with Gasteiger partial charge in [-0.3, -0.25) is 5.43 Å². The minimum atomic E-state index is 0.286. The number of hydrazone groups is 1. The first-order valence-electron chi connectivity index (χ1n) is 8.01. The lowest BCUT2D eigenvalue weighted by Gasteiger charge is -2.14. The number of hydrogen-bond donors (Lipinski definition) is 1. The molecule has 0 saturated carbocycles. The van der Waals surface area contributed by atoms with Crippen LogP contribution in [0.5, 0.6) is 11.5 Å². The number of halogens is 2. The van der Waals surface area contributed by atoms with Gasteiger partial charge in [-0.1, -0.05) is 41.4 Å². The molecule has 0 amide bonds. The first-order chi connectivity index (χ1) is 13.1. The van der Waals surface area contributed by atoms with Crippen LogP contribution in [0.15, 0.2) is 46.9 Å². The molecule has 0 bridgehead atoms. The Hall–Kier alpha value is -2.28. The largest absolute Gasteiger partial charge is 0.493 e. The smallest absolute Gasteiger partial charge is 0.203 e. The SMILES string of the molecule is COc1cc(C=NNc2nc(C)cs2)cc(Cl)c1OCc1ccccc1Cl. The second-order valence-corrected chi connectivity index (χ2v) is 7.25. The Morgan fingerprint density at radius 3 is 2.74 bits per heavy atom. The molecule has 0 fully saturated rings. The van der Waals surface area contributed by atoms with Crippen LogP contribution in [0.25, 0.3) is 0 Å². The summed E-state index contributed by atoms with van der Waals surface area (Å²) < 4.78 is 11.3. The molecule has 0 aliphatic carbocycles. The van der Waals surface area contributed by atoms with Gasteiger partial charge in [-0.2, -0.15) is 5.10 Å². The highest BCUT2D eigenvalue weighted by Gasteiger charge is 2.12. The van der Waals surface area contributed by atoms with E-state index in [0.717, 1.165) is 22.0 Å². The number of aryl methyl sites for hydroxylation is 1. The summed E-state index contributed by atoms with van der Waals surface area (Å²) in [6, 6.07) is 11.0. The van der Waals surface area contributed by atoms with Crippen molar-refractivity contribution in [2.24, 2.45) is 5.10 Å². The van der Waals surface area contributed by atoms with Crippen LogP contribution >= 0.6 is 34.5 Å². The molecule has 2 aromatic carbocycles. The van der Waals surface area contributed by atoms with E-state index in [-0.39, 0.29) is 6.61 Å². The number of rotatable bonds is 7. The topological polar surface area (TPSA) is 55.7 Å². The van der Waals surface area contributed by atoms with Gasteiger partial charge in [0.25, 0.3) is 0 Å². The van der Waals surface area contributed by atoms with Gasteiger partial charge in [-0.05, 0) is 30.7 Å². The molecule has 1 heterocycles. The zero-order chi connectivity index (χ0) is 19.2. The molecule has 140 valence electrons. The fourth-order valence-corrected chi connectivity index (χ4v) is 3.39. The normalized spacial score (nSPS) is 11.0. The van der Waals surface area contributed by atoms with Gasteiger partial charge in [-0.15, -0.1) is 11.3 Å². The van der Waals surface area contributed by atoms with E-state index in [9.17, 15) is 0 Å². The van der Waals surface area contributed by atoms with Crippen LogP contribution in [-0.2, 0) is 6.61 Å². The third-order valence-corrected chi connectivity index (χ3v) is 5.09. The van der Waals surface area contributed by atoms with E-state index in [1.165, 1.54) is 11.3 Å². The van der Waals surface area contributed by atoms with Gasteiger partial charge in [0.1, 0.15) is 6.61 Å². The number of thiazole rings is 1. The van der Waals surface area contributed by atoms with Crippen LogP contribution in [-0.4, -0.2) is 18.3 Å². The van der Waals surface area contributed by atoms with Gasteiger partial charge in [0, 0.05) is 16.0 Å². The van der Waals surface area contributed by atoms with Crippen molar-refractivity contribution in [2.75, 3.05) is 12.5 Å². The number of nitrogens with one attached hydrogen (secondary N) is 1. The summed E-state index contributed by atoms with van der Waals surface area (Å²) in [6.45, 7) is 2.21. The van der Waals surface area contributed by atoms with Crippen LogP contribution in [0, 0.1) is 6.92 Å². The predicted molar refractivity (Wildman–Crippen MR) is 112 cm³/mol. The van der Waals surface area contributed by atoms with Gasteiger partial charge >= 0.3 is 0 Å². The highest BCUT2D eigenvalue weighted by Crippen LogP contribution is 2.37. The molecule has 3 aromatic rings. The number of hydrogen-bond acceptors (Lipinski definition) is 6. The zero-order valence-corrected chi connectivity index (χ0v) is 17.0. The van der Waals surface area contributed by atoms with Crippen molar-refractivity contribution < 1.29 is 9.47 Å². The van der Waals surface area contributed by atoms with E-state index >= 15 is 0 Å². The molecule has 0 aliphatic rings. The Morgan fingerprint density at radius 1 is 1.22 bits per heavy atom. The van der Waals surface area contributed by atoms with Crippen LogP contribution in [0.4, 0.5) is 5.13 Å². The van der Waals surface area contributed by atoms with Crippen LogP contribution < -0.4 is 14.9 Å². The van der Waals surface area contributed by atoms with Gasteiger partial charge < -0.3 is 9.47 Å². The Kier molecular flexibility index (Phi) is 6.55. The summed E-state index contributed by atoms with van der Waals surface area (Å²) >= 11 is 14.0. The second kappa shape index (κ2) is 9.08. The van der Waals surface area contributed by atoms with E-state index in [1.807, 2.05) is 36.6 Å². The number of anilines is 1. The Bertz CT molecular complexity index is 960. The Morgan fingerprint density at radius 2 is 2.04 bits per heavy atom. The van der Waals surface area contributed by atoms with Crippen molar-refractivity contribution in [3.8, 4) is 11.5 Å². The van der Waals surface area contributed by atoms with E-state index in [0.29, 0.717) is 21.5 Å². The first kappa shape index (κ1) is 19.5. The molecular formula is C19H17Cl2N3O2S. The van der Waals surface area contributed by atoms with Crippen LogP contribution in [0.1, 0.15) is 16.8 Å². The molecule has 5 nitrogen and oxygen atoms in total. The summed E-state index contributed by atoms with van der Waals surface area (Å²) in [4.78, 5) is 4.28. The fourth-order valence-electron chi connectivity index (χ4n) is 2.29. The lowest BCUT2D eigenvalue weighted by molar-refractivity contribution is 0.285. The average Bonchev–Trinajstić information content (AvgIpc) is 3.07. The van der Waals surface area contributed by atoms with Crippen molar-refractivity contribution in [3.63, 3.8) is 0 Å². The minimum absolute atomic E-state index is 0.286. The van der Waals surface area contributed by atoms with Crippen molar-refractivity contribution in [1.29, 1.82) is 0 Å². The van der Waals surface area contributed by atoms with E-state index in [2.05, 4.69) is 15.5 Å². The maximum absolute atomic E-state index is 6.39. The van der Waals surface area contributed by atoms with Crippen LogP contribution in [0.3, 0.4) is 0 Å². The van der Waals surface area contributed by atoms with Gasteiger partial charge in [0.15, 0.2) is 11.5 Å². The van der Waals surface area contributed by atoms with Gasteiger partial charge in [0.05, 0.1) is 24.0 Å². The molecule has 1 N–H and O–H groups in total. The average molecular weight is 422 g/mol. The summed E-state index contributed by atoms with van der Waals surface area (Å²) in [5.41, 5.74) is 5.47. The molecule has 27 heavy (non-hydrogen) atoms. The monoisotopic (exact) mass is 421 g/mol. The fraction of sp³-hybridized carbons (Fsp3) is 0.158. The summed E-state index contributed by atoms with van der Waals surface area (Å²) in [5, 5.41) is 7.91. The van der Waals surface area contributed by atoms with E-state index in [4.69, 9.17) is 32.7 Å². The number of nitrogens with zero attached hydrogens (tertiary/aromatic N) is 2. The number of aromatic nitrogens is 1. The zero-order valence-electron chi connectivity index (χ0n) is 14.7. The maximum Gasteiger partial charge on any atom is 0.203 e.